The number of hydrogen-bond donors (Lipinski definition) is 0. The molecule has 3 heterocycles. The Morgan fingerprint density at radius 1 is 1.03 bits per heavy atom. The average molecular weight is 429 g/mol. The van der Waals surface area contributed by atoms with E-state index >= 15 is 0 Å². The number of fused-ring (bicyclic) bond motifs is 2. The van der Waals surface area contributed by atoms with E-state index in [9.17, 15) is 9.59 Å². The summed E-state index contributed by atoms with van der Waals surface area (Å²) in [6.07, 6.45) is 1.57. The summed E-state index contributed by atoms with van der Waals surface area (Å²) in [6, 6.07) is 15.3. The largest absolute Gasteiger partial charge is 0.422 e. The fourth-order valence-electron chi connectivity index (χ4n) is 4.04. The molecular formula is C25H20N2O3S. The second-order valence-electron chi connectivity index (χ2n) is 7.73. The van der Waals surface area contributed by atoms with Crippen LogP contribution in [0.25, 0.3) is 32.3 Å². The molecule has 154 valence electrons. The minimum Gasteiger partial charge on any atom is -0.422 e. The maximum Gasteiger partial charge on any atom is 0.336 e. The van der Waals surface area contributed by atoms with Crippen LogP contribution in [0.2, 0.25) is 0 Å². The fraction of sp³-hybridized carbons (Fsp3) is 0.160. The highest BCUT2D eigenvalue weighted by molar-refractivity contribution is 7.19. The molecule has 0 aliphatic heterocycles. The Kier molecular flexibility index (Phi) is 4.59. The van der Waals surface area contributed by atoms with E-state index in [0.29, 0.717) is 11.0 Å². The molecule has 2 aromatic carbocycles. The zero-order valence-electron chi connectivity index (χ0n) is 17.4. The van der Waals surface area contributed by atoms with Crippen molar-refractivity contribution in [1.82, 2.24) is 9.55 Å². The molecule has 5 aromatic rings. The van der Waals surface area contributed by atoms with Gasteiger partial charge in [-0.3, -0.25) is 9.36 Å². The molecule has 0 aliphatic carbocycles. The van der Waals surface area contributed by atoms with E-state index in [4.69, 9.17) is 4.42 Å². The van der Waals surface area contributed by atoms with E-state index < -0.39 is 5.63 Å². The van der Waals surface area contributed by atoms with Gasteiger partial charge in [0.25, 0.3) is 5.56 Å². The maximum absolute atomic E-state index is 13.5. The van der Waals surface area contributed by atoms with Crippen LogP contribution in [0, 0.1) is 20.8 Å². The molecule has 0 saturated carbocycles. The molecule has 31 heavy (non-hydrogen) atoms. The van der Waals surface area contributed by atoms with Crippen LogP contribution >= 0.6 is 11.3 Å². The lowest BCUT2D eigenvalue weighted by Crippen LogP contribution is -2.21. The number of benzene rings is 2. The lowest BCUT2D eigenvalue weighted by atomic mass is 10.0. The quantitative estimate of drug-likeness (QED) is 0.370. The van der Waals surface area contributed by atoms with Gasteiger partial charge in [0, 0.05) is 21.9 Å². The van der Waals surface area contributed by atoms with Crippen molar-refractivity contribution in [2.45, 2.75) is 27.3 Å². The van der Waals surface area contributed by atoms with Gasteiger partial charge < -0.3 is 4.42 Å². The molecule has 0 fully saturated rings. The standard InChI is InChI=1S/C25H20N2O3S/c1-14-9-10-19-18(11-20(28)30-23(19)15(14)2)12-27-13-26-24-22(25(27)29)21(16(3)31-24)17-7-5-4-6-8-17/h4-11,13H,12H2,1-3H3. The number of hydrogen-bond acceptors (Lipinski definition) is 5. The van der Waals surface area contributed by atoms with Gasteiger partial charge >= 0.3 is 5.63 Å². The molecule has 5 nitrogen and oxygen atoms in total. The van der Waals surface area contributed by atoms with E-state index in [1.54, 1.807) is 10.9 Å². The summed E-state index contributed by atoms with van der Waals surface area (Å²) in [4.78, 5) is 32.1. The van der Waals surface area contributed by atoms with Crippen molar-refractivity contribution in [3.63, 3.8) is 0 Å². The number of aromatic nitrogens is 2. The summed E-state index contributed by atoms with van der Waals surface area (Å²) in [5.74, 6) is 0. The Bertz CT molecular complexity index is 1580. The van der Waals surface area contributed by atoms with Gasteiger partial charge in [-0.05, 0) is 43.0 Å². The molecule has 0 atom stereocenters. The van der Waals surface area contributed by atoms with Crippen LogP contribution in [0.3, 0.4) is 0 Å². The van der Waals surface area contributed by atoms with Crippen LogP contribution in [-0.4, -0.2) is 9.55 Å². The van der Waals surface area contributed by atoms with Gasteiger partial charge in [-0.2, -0.15) is 0 Å². The van der Waals surface area contributed by atoms with Gasteiger partial charge in [-0.1, -0.05) is 42.5 Å². The highest BCUT2D eigenvalue weighted by Crippen LogP contribution is 2.35. The molecule has 0 spiro atoms. The Balaban J connectivity index is 1.71. The monoisotopic (exact) mass is 428 g/mol. The second kappa shape index (κ2) is 7.32. The van der Waals surface area contributed by atoms with E-state index in [0.717, 1.165) is 42.9 Å². The molecule has 0 radical (unpaired) electrons. The number of rotatable bonds is 3. The van der Waals surface area contributed by atoms with Crippen molar-refractivity contribution >= 4 is 32.5 Å². The summed E-state index contributed by atoms with van der Waals surface area (Å²) in [6.45, 7) is 6.17. The van der Waals surface area contributed by atoms with Crippen LogP contribution in [0.1, 0.15) is 21.6 Å². The molecule has 0 unspecified atom stereocenters. The zero-order chi connectivity index (χ0) is 21.7. The lowest BCUT2D eigenvalue weighted by molar-refractivity contribution is 0.554. The van der Waals surface area contributed by atoms with Crippen molar-refractivity contribution < 1.29 is 4.42 Å². The molecular weight excluding hydrogens is 408 g/mol. The number of thiophene rings is 1. The third-order valence-corrected chi connectivity index (χ3v) is 6.79. The molecule has 0 aliphatic rings. The minimum absolute atomic E-state index is 0.113. The first-order valence-electron chi connectivity index (χ1n) is 10.0. The first kappa shape index (κ1) is 19.5. The molecule has 6 heteroatoms. The van der Waals surface area contributed by atoms with Crippen LogP contribution in [0.15, 0.2) is 68.9 Å². The van der Waals surface area contributed by atoms with Crippen LogP contribution in [0.4, 0.5) is 0 Å². The molecule has 0 bridgehead atoms. The number of aryl methyl sites for hydroxylation is 3. The minimum atomic E-state index is -0.422. The van der Waals surface area contributed by atoms with E-state index in [1.807, 2.05) is 63.2 Å². The van der Waals surface area contributed by atoms with E-state index in [1.165, 1.54) is 17.4 Å². The van der Waals surface area contributed by atoms with Gasteiger partial charge in [0.05, 0.1) is 18.3 Å². The van der Waals surface area contributed by atoms with Crippen molar-refractivity contribution in [1.29, 1.82) is 0 Å². The Morgan fingerprint density at radius 3 is 2.58 bits per heavy atom. The smallest absolute Gasteiger partial charge is 0.336 e. The highest BCUT2D eigenvalue weighted by atomic mass is 32.1. The number of nitrogens with zero attached hydrogens (tertiary/aromatic N) is 2. The molecule has 0 saturated heterocycles. The van der Waals surface area contributed by atoms with Gasteiger partial charge in [-0.15, -0.1) is 11.3 Å². The predicted octanol–water partition coefficient (Wildman–Crippen LogP) is 5.20. The third-order valence-electron chi connectivity index (χ3n) is 5.78. The van der Waals surface area contributed by atoms with Gasteiger partial charge in [0.2, 0.25) is 0 Å². The first-order valence-corrected chi connectivity index (χ1v) is 10.8. The Morgan fingerprint density at radius 2 is 1.81 bits per heavy atom. The topological polar surface area (TPSA) is 65.1 Å². The van der Waals surface area contributed by atoms with Crippen LogP contribution in [0.5, 0.6) is 0 Å². The Hall–Kier alpha value is -3.51. The van der Waals surface area contributed by atoms with Crippen molar-refractivity contribution in [3.05, 3.63) is 97.2 Å². The van der Waals surface area contributed by atoms with Gasteiger partial charge in [0.1, 0.15) is 10.4 Å². The van der Waals surface area contributed by atoms with E-state index in [2.05, 4.69) is 4.98 Å². The summed E-state index contributed by atoms with van der Waals surface area (Å²) in [5.41, 5.74) is 4.68. The highest BCUT2D eigenvalue weighted by Gasteiger charge is 2.18. The molecule has 0 amide bonds. The SMILES string of the molecule is Cc1ccc2c(Cn3cnc4sc(C)c(-c5ccccc5)c4c3=O)cc(=O)oc2c1C. The summed E-state index contributed by atoms with van der Waals surface area (Å²) < 4.78 is 7.05. The van der Waals surface area contributed by atoms with Crippen molar-refractivity contribution in [3.8, 4) is 11.1 Å². The molecule has 3 aromatic heterocycles. The van der Waals surface area contributed by atoms with Gasteiger partial charge in [-0.25, -0.2) is 9.78 Å². The molecule has 0 N–H and O–H groups in total. The maximum atomic E-state index is 13.5. The fourth-order valence-corrected chi connectivity index (χ4v) is 5.04. The van der Waals surface area contributed by atoms with Crippen LogP contribution < -0.4 is 11.2 Å². The summed E-state index contributed by atoms with van der Waals surface area (Å²) >= 11 is 1.52. The van der Waals surface area contributed by atoms with Crippen molar-refractivity contribution in [2.75, 3.05) is 0 Å². The summed E-state index contributed by atoms with van der Waals surface area (Å²) in [5, 5.41) is 1.45. The normalized spacial score (nSPS) is 11.5. The Labute approximate surface area is 182 Å². The van der Waals surface area contributed by atoms with Gasteiger partial charge in [0.15, 0.2) is 0 Å². The molecule has 5 rings (SSSR count). The van der Waals surface area contributed by atoms with Crippen molar-refractivity contribution in [2.24, 2.45) is 0 Å². The lowest BCUT2D eigenvalue weighted by Gasteiger charge is -2.11. The third kappa shape index (κ3) is 3.20. The van der Waals surface area contributed by atoms with E-state index in [-0.39, 0.29) is 12.1 Å². The first-order chi connectivity index (χ1) is 14.9. The zero-order valence-corrected chi connectivity index (χ0v) is 18.2. The second-order valence-corrected chi connectivity index (χ2v) is 8.94. The predicted molar refractivity (Wildman–Crippen MR) is 125 cm³/mol. The van der Waals surface area contributed by atoms with Crippen LogP contribution in [-0.2, 0) is 6.54 Å². The average Bonchev–Trinajstić information content (AvgIpc) is 3.10. The summed E-state index contributed by atoms with van der Waals surface area (Å²) in [7, 11) is 0.